The molecule has 0 unspecified atom stereocenters. The Kier molecular flexibility index (Phi) is 4.65. The van der Waals surface area contributed by atoms with Crippen LogP contribution in [0.1, 0.15) is 12.5 Å². The number of nitrogens with zero attached hydrogens (tertiary/aromatic N) is 1. The Hall–Kier alpha value is -2.43. The van der Waals surface area contributed by atoms with Crippen molar-refractivity contribution in [3.05, 3.63) is 42.0 Å². The number of hydrogen-bond donors (Lipinski definition) is 2. The molecule has 0 aliphatic carbocycles. The van der Waals surface area contributed by atoms with Crippen LogP contribution in [0, 0.1) is 0 Å². The highest BCUT2D eigenvalue weighted by Gasteiger charge is 2.03. The molecular formula is C15H19N3O2. The van der Waals surface area contributed by atoms with Crippen molar-refractivity contribution in [2.75, 3.05) is 24.8 Å². The van der Waals surface area contributed by atoms with Crippen LogP contribution in [0.2, 0.25) is 0 Å². The highest BCUT2D eigenvalue weighted by molar-refractivity contribution is 5.53. The summed E-state index contributed by atoms with van der Waals surface area (Å²) in [6.07, 6.45) is 0. The van der Waals surface area contributed by atoms with Gasteiger partial charge < -0.3 is 20.5 Å². The monoisotopic (exact) mass is 273 g/mol. The highest BCUT2D eigenvalue weighted by Crippen LogP contribution is 2.21. The van der Waals surface area contributed by atoms with Crippen molar-refractivity contribution < 1.29 is 9.47 Å². The number of aromatic nitrogens is 1. The Morgan fingerprint density at radius 2 is 1.90 bits per heavy atom. The predicted molar refractivity (Wildman–Crippen MR) is 80.1 cm³/mol. The first-order chi connectivity index (χ1) is 9.72. The molecule has 5 heteroatoms. The summed E-state index contributed by atoms with van der Waals surface area (Å²) in [5.41, 5.74) is 7.47. The molecule has 0 saturated carbocycles. The van der Waals surface area contributed by atoms with E-state index in [4.69, 9.17) is 15.2 Å². The van der Waals surface area contributed by atoms with Crippen LogP contribution in [-0.2, 0) is 6.54 Å². The molecular weight excluding hydrogens is 254 g/mol. The second-order valence-electron chi connectivity index (χ2n) is 4.23. The zero-order valence-corrected chi connectivity index (χ0v) is 11.7. The fourth-order valence-electron chi connectivity index (χ4n) is 1.74. The van der Waals surface area contributed by atoms with E-state index in [1.165, 1.54) is 0 Å². The number of hydrogen-bond acceptors (Lipinski definition) is 5. The van der Waals surface area contributed by atoms with E-state index in [2.05, 4.69) is 10.3 Å². The molecule has 0 atom stereocenters. The van der Waals surface area contributed by atoms with Crippen LogP contribution in [0.5, 0.6) is 11.6 Å². The van der Waals surface area contributed by atoms with E-state index < -0.39 is 0 Å². The summed E-state index contributed by atoms with van der Waals surface area (Å²) in [6, 6.07) is 11.5. The lowest BCUT2D eigenvalue weighted by atomic mass is 10.2. The third kappa shape index (κ3) is 3.54. The van der Waals surface area contributed by atoms with Crippen molar-refractivity contribution >= 4 is 11.5 Å². The minimum Gasteiger partial charge on any atom is -0.497 e. The Morgan fingerprint density at radius 1 is 1.15 bits per heavy atom. The van der Waals surface area contributed by atoms with Gasteiger partial charge in [-0.15, -0.1) is 0 Å². The normalized spacial score (nSPS) is 10.1. The molecule has 0 saturated heterocycles. The van der Waals surface area contributed by atoms with Crippen molar-refractivity contribution in [3.8, 4) is 11.6 Å². The van der Waals surface area contributed by atoms with Crippen molar-refractivity contribution in [1.29, 1.82) is 0 Å². The smallest absolute Gasteiger partial charge is 0.239 e. The fourth-order valence-corrected chi connectivity index (χ4v) is 1.74. The van der Waals surface area contributed by atoms with Gasteiger partial charge in [-0.05, 0) is 36.8 Å². The molecule has 0 spiro atoms. The number of methoxy groups -OCH3 is 1. The number of anilines is 2. The number of rotatable bonds is 6. The van der Waals surface area contributed by atoms with E-state index in [0.29, 0.717) is 24.7 Å². The maximum absolute atomic E-state index is 5.79. The lowest BCUT2D eigenvalue weighted by Gasteiger charge is -2.10. The van der Waals surface area contributed by atoms with Gasteiger partial charge in [0.1, 0.15) is 11.6 Å². The van der Waals surface area contributed by atoms with Gasteiger partial charge in [-0.3, -0.25) is 0 Å². The second-order valence-corrected chi connectivity index (χ2v) is 4.23. The van der Waals surface area contributed by atoms with Crippen LogP contribution in [-0.4, -0.2) is 18.7 Å². The van der Waals surface area contributed by atoms with Crippen molar-refractivity contribution in [2.45, 2.75) is 13.5 Å². The van der Waals surface area contributed by atoms with Gasteiger partial charge in [0.05, 0.1) is 19.4 Å². The summed E-state index contributed by atoms with van der Waals surface area (Å²) in [7, 11) is 1.65. The van der Waals surface area contributed by atoms with Crippen LogP contribution in [0.15, 0.2) is 36.4 Å². The number of pyridine rings is 1. The van der Waals surface area contributed by atoms with Gasteiger partial charge in [0.15, 0.2) is 0 Å². The van der Waals surface area contributed by atoms with Gasteiger partial charge >= 0.3 is 0 Å². The number of nitrogens with one attached hydrogen (secondary N) is 1. The lowest BCUT2D eigenvalue weighted by Crippen LogP contribution is -2.05. The third-order valence-corrected chi connectivity index (χ3v) is 2.80. The van der Waals surface area contributed by atoms with Crippen LogP contribution >= 0.6 is 0 Å². The largest absolute Gasteiger partial charge is 0.497 e. The molecule has 1 aromatic heterocycles. The molecule has 20 heavy (non-hydrogen) atoms. The predicted octanol–water partition coefficient (Wildman–Crippen LogP) is 2.68. The van der Waals surface area contributed by atoms with Crippen molar-refractivity contribution in [1.82, 2.24) is 4.98 Å². The molecule has 0 amide bonds. The Labute approximate surface area is 118 Å². The van der Waals surface area contributed by atoms with E-state index in [0.717, 1.165) is 17.1 Å². The SMILES string of the molecule is CCOc1nc(NCc2ccc(OC)cc2)ccc1N. The molecule has 1 heterocycles. The van der Waals surface area contributed by atoms with E-state index in [9.17, 15) is 0 Å². The Balaban J connectivity index is 2.00. The first-order valence-corrected chi connectivity index (χ1v) is 6.49. The number of nitrogen functional groups attached to an aromatic ring is 1. The average molecular weight is 273 g/mol. The van der Waals surface area contributed by atoms with Gasteiger partial charge in [0.25, 0.3) is 0 Å². The van der Waals surface area contributed by atoms with Crippen LogP contribution in [0.4, 0.5) is 11.5 Å². The molecule has 0 fully saturated rings. The summed E-state index contributed by atoms with van der Waals surface area (Å²) in [6.45, 7) is 3.12. The lowest BCUT2D eigenvalue weighted by molar-refractivity contribution is 0.329. The van der Waals surface area contributed by atoms with Crippen molar-refractivity contribution in [3.63, 3.8) is 0 Å². The van der Waals surface area contributed by atoms with Crippen LogP contribution < -0.4 is 20.5 Å². The number of nitrogens with two attached hydrogens (primary N) is 1. The molecule has 2 aromatic rings. The van der Waals surface area contributed by atoms with Gasteiger partial charge in [0, 0.05) is 6.54 Å². The molecule has 5 nitrogen and oxygen atoms in total. The first-order valence-electron chi connectivity index (χ1n) is 6.49. The average Bonchev–Trinajstić information content (AvgIpc) is 2.49. The standard InChI is InChI=1S/C15H19N3O2/c1-3-20-15-13(16)8-9-14(18-15)17-10-11-4-6-12(19-2)7-5-11/h4-9H,3,10,16H2,1-2H3,(H,17,18). The molecule has 2 rings (SSSR count). The molecule has 0 aliphatic rings. The van der Waals surface area contributed by atoms with E-state index >= 15 is 0 Å². The van der Waals surface area contributed by atoms with E-state index in [1.54, 1.807) is 13.2 Å². The van der Waals surface area contributed by atoms with Crippen LogP contribution in [0.3, 0.4) is 0 Å². The minimum absolute atomic E-state index is 0.465. The number of benzene rings is 1. The Morgan fingerprint density at radius 3 is 2.55 bits per heavy atom. The summed E-state index contributed by atoms with van der Waals surface area (Å²) >= 11 is 0. The first kappa shape index (κ1) is 14.0. The summed E-state index contributed by atoms with van der Waals surface area (Å²) in [4.78, 5) is 4.33. The molecule has 3 N–H and O–H groups in total. The van der Waals surface area contributed by atoms with Gasteiger partial charge in [0.2, 0.25) is 5.88 Å². The third-order valence-electron chi connectivity index (χ3n) is 2.80. The number of ether oxygens (including phenoxy) is 2. The quantitative estimate of drug-likeness (QED) is 0.846. The molecule has 106 valence electrons. The van der Waals surface area contributed by atoms with Gasteiger partial charge in [-0.2, -0.15) is 4.98 Å². The summed E-state index contributed by atoms with van der Waals surface area (Å²) in [5.74, 6) is 2.05. The Bertz CT molecular complexity index is 556. The van der Waals surface area contributed by atoms with Gasteiger partial charge in [-0.1, -0.05) is 12.1 Å². The van der Waals surface area contributed by atoms with E-state index in [1.807, 2.05) is 37.3 Å². The van der Waals surface area contributed by atoms with Gasteiger partial charge in [-0.25, -0.2) is 0 Å². The van der Waals surface area contributed by atoms with E-state index in [-0.39, 0.29) is 0 Å². The topological polar surface area (TPSA) is 69.4 Å². The molecule has 1 aromatic carbocycles. The highest BCUT2D eigenvalue weighted by atomic mass is 16.5. The second kappa shape index (κ2) is 6.65. The molecule has 0 radical (unpaired) electrons. The maximum Gasteiger partial charge on any atom is 0.239 e. The molecule has 0 aliphatic heterocycles. The fraction of sp³-hybridized carbons (Fsp3) is 0.267. The zero-order valence-electron chi connectivity index (χ0n) is 11.7. The van der Waals surface area contributed by atoms with Crippen LogP contribution in [0.25, 0.3) is 0 Å². The minimum atomic E-state index is 0.465. The summed E-state index contributed by atoms with van der Waals surface area (Å²) < 4.78 is 10.5. The summed E-state index contributed by atoms with van der Waals surface area (Å²) in [5, 5.41) is 3.24. The molecule has 0 bridgehead atoms. The maximum atomic E-state index is 5.79. The van der Waals surface area contributed by atoms with Crippen molar-refractivity contribution in [2.24, 2.45) is 0 Å². The zero-order chi connectivity index (χ0) is 14.4.